The van der Waals surface area contributed by atoms with E-state index in [0.717, 1.165) is 11.0 Å². The summed E-state index contributed by atoms with van der Waals surface area (Å²) in [6.07, 6.45) is 0.543. The monoisotopic (exact) mass is 302 g/mol. The van der Waals surface area contributed by atoms with E-state index in [4.69, 9.17) is 4.42 Å². The number of imide groups is 1. The SMILES string of the molecule is CCc1nnc(CN2C(=O)c3ccc([N+](=O)[O-])cc3C2=O)o1. The van der Waals surface area contributed by atoms with Gasteiger partial charge in [-0.1, -0.05) is 6.92 Å². The second-order valence-electron chi connectivity index (χ2n) is 4.63. The fourth-order valence-corrected chi connectivity index (χ4v) is 2.17. The molecule has 2 aromatic rings. The number of hydrogen-bond acceptors (Lipinski definition) is 7. The third kappa shape index (κ3) is 2.12. The summed E-state index contributed by atoms with van der Waals surface area (Å²) in [7, 11) is 0. The highest BCUT2D eigenvalue weighted by atomic mass is 16.6. The van der Waals surface area contributed by atoms with Crippen molar-refractivity contribution in [1.29, 1.82) is 0 Å². The fourth-order valence-electron chi connectivity index (χ4n) is 2.17. The molecule has 0 unspecified atom stereocenters. The van der Waals surface area contributed by atoms with Gasteiger partial charge in [0.15, 0.2) is 0 Å². The van der Waals surface area contributed by atoms with E-state index >= 15 is 0 Å². The van der Waals surface area contributed by atoms with Crippen molar-refractivity contribution in [2.45, 2.75) is 19.9 Å². The summed E-state index contributed by atoms with van der Waals surface area (Å²) in [4.78, 5) is 35.5. The van der Waals surface area contributed by atoms with Crippen LogP contribution in [0.5, 0.6) is 0 Å². The molecule has 2 amide bonds. The summed E-state index contributed by atoms with van der Waals surface area (Å²) in [5.74, 6) is -0.603. The van der Waals surface area contributed by atoms with Crippen LogP contribution in [0.25, 0.3) is 0 Å². The van der Waals surface area contributed by atoms with Gasteiger partial charge in [0.05, 0.1) is 16.1 Å². The molecule has 2 heterocycles. The van der Waals surface area contributed by atoms with Crippen molar-refractivity contribution in [3.8, 4) is 0 Å². The van der Waals surface area contributed by atoms with Gasteiger partial charge in [0.25, 0.3) is 17.5 Å². The quantitative estimate of drug-likeness (QED) is 0.474. The number of nitro benzene ring substituents is 1. The number of amides is 2. The largest absolute Gasteiger partial charge is 0.423 e. The van der Waals surface area contributed by atoms with E-state index < -0.39 is 16.7 Å². The molecule has 0 N–H and O–H groups in total. The maximum Gasteiger partial charge on any atom is 0.270 e. The van der Waals surface area contributed by atoms with Crippen LogP contribution < -0.4 is 0 Å². The minimum atomic E-state index is -0.619. The van der Waals surface area contributed by atoms with Crippen LogP contribution >= 0.6 is 0 Å². The van der Waals surface area contributed by atoms with Gasteiger partial charge in [0.1, 0.15) is 6.54 Å². The van der Waals surface area contributed by atoms with Crippen molar-refractivity contribution in [1.82, 2.24) is 15.1 Å². The van der Waals surface area contributed by atoms with Gasteiger partial charge in [-0.05, 0) is 6.07 Å². The van der Waals surface area contributed by atoms with Crippen LogP contribution in [0.4, 0.5) is 5.69 Å². The van der Waals surface area contributed by atoms with E-state index in [-0.39, 0.29) is 29.2 Å². The van der Waals surface area contributed by atoms with Gasteiger partial charge >= 0.3 is 0 Å². The first-order valence-electron chi connectivity index (χ1n) is 6.47. The van der Waals surface area contributed by atoms with E-state index in [1.165, 1.54) is 12.1 Å². The molecule has 0 aliphatic carbocycles. The first kappa shape index (κ1) is 13.9. The summed E-state index contributed by atoms with van der Waals surface area (Å²) >= 11 is 0. The Hall–Kier alpha value is -3.10. The Morgan fingerprint density at radius 1 is 1.18 bits per heavy atom. The van der Waals surface area contributed by atoms with E-state index in [1.807, 2.05) is 6.92 Å². The molecule has 22 heavy (non-hydrogen) atoms. The summed E-state index contributed by atoms with van der Waals surface area (Å²) in [5.41, 5.74) is -0.104. The smallest absolute Gasteiger partial charge is 0.270 e. The van der Waals surface area contributed by atoms with Crippen LogP contribution in [0, 0.1) is 10.1 Å². The second kappa shape index (κ2) is 5.02. The normalized spacial score (nSPS) is 13.6. The van der Waals surface area contributed by atoms with Crippen molar-refractivity contribution in [3.05, 3.63) is 51.2 Å². The van der Waals surface area contributed by atoms with Gasteiger partial charge in [-0.15, -0.1) is 10.2 Å². The predicted molar refractivity (Wildman–Crippen MR) is 71.0 cm³/mol. The number of carbonyl (C=O) groups excluding carboxylic acids is 2. The molecule has 0 spiro atoms. The summed E-state index contributed by atoms with van der Waals surface area (Å²) in [6, 6.07) is 3.56. The number of rotatable bonds is 4. The first-order valence-corrected chi connectivity index (χ1v) is 6.47. The lowest BCUT2D eigenvalue weighted by atomic mass is 10.1. The minimum Gasteiger partial charge on any atom is -0.423 e. The van der Waals surface area contributed by atoms with E-state index in [2.05, 4.69) is 10.2 Å². The zero-order valence-electron chi connectivity index (χ0n) is 11.5. The van der Waals surface area contributed by atoms with Gasteiger partial charge in [-0.3, -0.25) is 24.6 Å². The average Bonchev–Trinajstić information content (AvgIpc) is 3.06. The average molecular weight is 302 g/mol. The van der Waals surface area contributed by atoms with E-state index in [0.29, 0.717) is 12.3 Å². The lowest BCUT2D eigenvalue weighted by molar-refractivity contribution is -0.384. The van der Waals surface area contributed by atoms with Crippen molar-refractivity contribution in [2.75, 3.05) is 0 Å². The molecule has 3 rings (SSSR count). The van der Waals surface area contributed by atoms with Gasteiger partial charge in [-0.2, -0.15) is 0 Å². The van der Waals surface area contributed by atoms with Crippen LogP contribution in [0.2, 0.25) is 0 Å². The Bertz CT molecular complexity index is 797. The zero-order valence-corrected chi connectivity index (χ0v) is 11.5. The zero-order chi connectivity index (χ0) is 15.9. The molecule has 1 aliphatic heterocycles. The second-order valence-corrected chi connectivity index (χ2v) is 4.63. The number of carbonyl (C=O) groups is 2. The topological polar surface area (TPSA) is 119 Å². The van der Waals surface area contributed by atoms with Gasteiger partial charge in [0.2, 0.25) is 11.8 Å². The van der Waals surface area contributed by atoms with Crippen LogP contribution in [0.3, 0.4) is 0 Å². The molecule has 0 saturated heterocycles. The lowest BCUT2D eigenvalue weighted by Crippen LogP contribution is -2.29. The van der Waals surface area contributed by atoms with Gasteiger partial charge in [-0.25, -0.2) is 0 Å². The van der Waals surface area contributed by atoms with Crippen LogP contribution in [0.1, 0.15) is 39.4 Å². The first-order chi connectivity index (χ1) is 10.5. The number of non-ortho nitro benzene ring substituents is 1. The van der Waals surface area contributed by atoms with Gasteiger partial charge < -0.3 is 4.42 Å². The molecule has 9 heteroatoms. The molecular weight excluding hydrogens is 292 g/mol. The Balaban J connectivity index is 1.90. The van der Waals surface area contributed by atoms with Crippen molar-refractivity contribution >= 4 is 17.5 Å². The molecule has 112 valence electrons. The van der Waals surface area contributed by atoms with Crippen molar-refractivity contribution in [3.63, 3.8) is 0 Å². The Morgan fingerprint density at radius 2 is 1.86 bits per heavy atom. The number of benzene rings is 1. The Kier molecular flexibility index (Phi) is 3.17. The molecule has 1 aromatic carbocycles. The molecule has 1 aromatic heterocycles. The van der Waals surface area contributed by atoms with Crippen LogP contribution in [-0.2, 0) is 13.0 Å². The molecule has 9 nitrogen and oxygen atoms in total. The molecule has 0 bridgehead atoms. The summed E-state index contributed by atoms with van der Waals surface area (Å²) < 4.78 is 5.28. The fraction of sp³-hybridized carbons (Fsp3) is 0.231. The minimum absolute atomic E-state index is 0.00873. The molecule has 0 saturated carbocycles. The third-order valence-electron chi connectivity index (χ3n) is 3.27. The summed E-state index contributed by atoms with van der Waals surface area (Å²) in [6.45, 7) is 1.67. The molecular formula is C13H10N4O5. The number of aryl methyl sites for hydroxylation is 1. The molecule has 1 aliphatic rings. The maximum absolute atomic E-state index is 12.3. The van der Waals surface area contributed by atoms with Crippen LogP contribution in [-0.4, -0.2) is 31.8 Å². The molecule has 0 atom stereocenters. The number of nitrogens with zero attached hydrogens (tertiary/aromatic N) is 4. The standard InChI is InChI=1S/C13H10N4O5/c1-2-10-14-15-11(22-10)6-16-12(18)8-4-3-7(17(20)21)5-9(8)13(16)19/h3-5H,2,6H2,1H3. The number of nitro groups is 1. The number of aromatic nitrogens is 2. The highest BCUT2D eigenvalue weighted by Gasteiger charge is 2.37. The van der Waals surface area contributed by atoms with Crippen molar-refractivity contribution in [2.24, 2.45) is 0 Å². The molecule has 0 radical (unpaired) electrons. The Morgan fingerprint density at radius 3 is 2.50 bits per heavy atom. The van der Waals surface area contributed by atoms with Crippen molar-refractivity contribution < 1.29 is 18.9 Å². The van der Waals surface area contributed by atoms with E-state index in [1.54, 1.807) is 0 Å². The number of hydrogen-bond donors (Lipinski definition) is 0. The van der Waals surface area contributed by atoms with E-state index in [9.17, 15) is 19.7 Å². The van der Waals surface area contributed by atoms with Gasteiger partial charge in [0, 0.05) is 18.6 Å². The lowest BCUT2D eigenvalue weighted by Gasteiger charge is -2.10. The third-order valence-corrected chi connectivity index (χ3v) is 3.27. The molecule has 0 fully saturated rings. The maximum atomic E-state index is 12.3. The van der Waals surface area contributed by atoms with Crippen LogP contribution in [0.15, 0.2) is 22.6 Å². The highest BCUT2D eigenvalue weighted by molar-refractivity contribution is 6.21. The number of fused-ring (bicyclic) bond motifs is 1. The Labute approximate surface area is 123 Å². The highest BCUT2D eigenvalue weighted by Crippen LogP contribution is 2.27. The summed E-state index contributed by atoms with van der Waals surface area (Å²) in [5, 5.41) is 18.3. The predicted octanol–water partition coefficient (Wildman–Crippen LogP) is 1.34.